The van der Waals surface area contributed by atoms with E-state index in [0.29, 0.717) is 6.04 Å². The average molecular weight is 209 g/mol. The normalized spacial score (nSPS) is 18.6. The molecule has 1 aromatic rings. The molecule has 2 rings (SSSR count). The van der Waals surface area contributed by atoms with Crippen molar-refractivity contribution < 1.29 is 4.21 Å². The number of nitrogens with one attached hydrogen (secondary N) is 1. The molecule has 0 aliphatic heterocycles. The summed E-state index contributed by atoms with van der Waals surface area (Å²) in [7, 11) is -0.878. The van der Waals surface area contributed by atoms with Gasteiger partial charge in [0, 0.05) is 33.7 Å². The van der Waals surface area contributed by atoms with Gasteiger partial charge in [0.2, 0.25) is 0 Å². The summed E-state index contributed by atoms with van der Waals surface area (Å²) < 4.78 is 11.3. The second kappa shape index (κ2) is 4.13. The number of rotatable bonds is 3. The topological polar surface area (TPSA) is 29.1 Å². The van der Waals surface area contributed by atoms with E-state index in [1.54, 1.807) is 6.26 Å². The zero-order valence-electron chi connectivity index (χ0n) is 8.32. The van der Waals surface area contributed by atoms with Crippen LogP contribution in [0.5, 0.6) is 0 Å². The van der Waals surface area contributed by atoms with Crippen LogP contribution in [0, 0.1) is 0 Å². The van der Waals surface area contributed by atoms with E-state index in [4.69, 9.17) is 0 Å². The van der Waals surface area contributed by atoms with E-state index >= 15 is 0 Å². The predicted molar refractivity (Wildman–Crippen MR) is 60.0 cm³/mol. The quantitative estimate of drug-likeness (QED) is 0.828. The molecule has 76 valence electrons. The number of hydrogen-bond donors (Lipinski definition) is 1. The minimum Gasteiger partial charge on any atom is -0.382 e. The van der Waals surface area contributed by atoms with Crippen LogP contribution in [0.3, 0.4) is 0 Å². The number of anilines is 1. The maximum atomic E-state index is 11.3. The Kier molecular flexibility index (Phi) is 2.87. The molecule has 0 heterocycles. The fourth-order valence-corrected chi connectivity index (χ4v) is 2.12. The van der Waals surface area contributed by atoms with E-state index in [0.717, 1.165) is 10.6 Å². The predicted octanol–water partition coefficient (Wildman–Crippen LogP) is 2.39. The van der Waals surface area contributed by atoms with Crippen LogP contribution in [0.4, 0.5) is 5.69 Å². The van der Waals surface area contributed by atoms with Crippen LogP contribution in [-0.2, 0) is 10.8 Å². The summed E-state index contributed by atoms with van der Waals surface area (Å²) in [6.07, 6.45) is 5.57. The molecule has 1 aromatic carbocycles. The van der Waals surface area contributed by atoms with Gasteiger partial charge in [-0.15, -0.1) is 0 Å². The Balaban J connectivity index is 2.09. The third-order valence-electron chi connectivity index (χ3n) is 2.64. The van der Waals surface area contributed by atoms with Crippen molar-refractivity contribution in [1.82, 2.24) is 0 Å². The highest BCUT2D eigenvalue weighted by Crippen LogP contribution is 2.23. The van der Waals surface area contributed by atoms with E-state index in [9.17, 15) is 4.21 Å². The maximum Gasteiger partial charge on any atom is 0.0498 e. The minimum atomic E-state index is -0.878. The molecule has 0 spiro atoms. The largest absolute Gasteiger partial charge is 0.382 e. The van der Waals surface area contributed by atoms with Crippen molar-refractivity contribution in [2.24, 2.45) is 0 Å². The summed E-state index contributed by atoms with van der Waals surface area (Å²) in [5.41, 5.74) is 1.10. The van der Waals surface area contributed by atoms with Gasteiger partial charge in [0.25, 0.3) is 0 Å². The van der Waals surface area contributed by atoms with Crippen molar-refractivity contribution in [3.05, 3.63) is 24.3 Å². The summed E-state index contributed by atoms with van der Waals surface area (Å²) in [5, 5.41) is 3.44. The van der Waals surface area contributed by atoms with Crippen molar-refractivity contribution in [2.45, 2.75) is 30.2 Å². The highest BCUT2D eigenvalue weighted by molar-refractivity contribution is 7.84. The number of hydrogen-bond acceptors (Lipinski definition) is 2. The van der Waals surface area contributed by atoms with E-state index < -0.39 is 10.8 Å². The van der Waals surface area contributed by atoms with Crippen LogP contribution in [0.25, 0.3) is 0 Å². The molecular formula is C11H15NOS. The molecule has 1 unspecified atom stereocenters. The fourth-order valence-electron chi connectivity index (χ4n) is 1.55. The van der Waals surface area contributed by atoms with Crippen molar-refractivity contribution in [1.29, 1.82) is 0 Å². The molecule has 0 saturated heterocycles. The Bertz CT molecular complexity index is 347. The third kappa shape index (κ3) is 2.15. The molecule has 1 saturated carbocycles. The summed E-state index contributed by atoms with van der Waals surface area (Å²) >= 11 is 0. The second-order valence-corrected chi connectivity index (χ2v) is 5.13. The molecular weight excluding hydrogens is 194 g/mol. The zero-order chi connectivity index (χ0) is 9.97. The highest BCUT2D eigenvalue weighted by Gasteiger charge is 2.16. The average Bonchev–Trinajstić information content (AvgIpc) is 2.12. The molecule has 1 fully saturated rings. The van der Waals surface area contributed by atoms with Gasteiger partial charge in [0.05, 0.1) is 0 Å². The molecule has 14 heavy (non-hydrogen) atoms. The molecule has 3 heteroatoms. The van der Waals surface area contributed by atoms with E-state index in [-0.39, 0.29) is 0 Å². The Morgan fingerprint density at radius 3 is 2.79 bits per heavy atom. The highest BCUT2D eigenvalue weighted by atomic mass is 32.2. The van der Waals surface area contributed by atoms with Gasteiger partial charge in [-0.2, -0.15) is 0 Å². The smallest absolute Gasteiger partial charge is 0.0498 e. The van der Waals surface area contributed by atoms with E-state index in [2.05, 4.69) is 5.32 Å². The Hall–Kier alpha value is -0.830. The van der Waals surface area contributed by atoms with E-state index in [1.807, 2.05) is 24.3 Å². The molecule has 1 aliphatic carbocycles. The molecule has 0 bridgehead atoms. The first-order valence-electron chi connectivity index (χ1n) is 4.96. The molecule has 0 radical (unpaired) electrons. The monoisotopic (exact) mass is 209 g/mol. The lowest BCUT2D eigenvalue weighted by atomic mass is 9.93. The zero-order valence-corrected chi connectivity index (χ0v) is 9.14. The van der Waals surface area contributed by atoms with Gasteiger partial charge in [-0.05, 0) is 37.5 Å². The van der Waals surface area contributed by atoms with Gasteiger partial charge >= 0.3 is 0 Å². The van der Waals surface area contributed by atoms with Gasteiger partial charge in [0.15, 0.2) is 0 Å². The standard InChI is InChI=1S/C11H15NOS/c1-14(13)11-7-3-6-10(8-11)12-9-4-2-5-9/h3,6-9,12H,2,4-5H2,1H3. The first kappa shape index (κ1) is 9.71. The SMILES string of the molecule is CS(=O)c1cccc(NC2CCC2)c1. The lowest BCUT2D eigenvalue weighted by Gasteiger charge is -2.27. The lowest BCUT2D eigenvalue weighted by Crippen LogP contribution is -2.26. The molecule has 2 nitrogen and oxygen atoms in total. The summed E-state index contributed by atoms with van der Waals surface area (Å²) in [4.78, 5) is 0.898. The molecule has 0 amide bonds. The van der Waals surface area contributed by atoms with Crippen molar-refractivity contribution in [3.63, 3.8) is 0 Å². The first-order chi connectivity index (χ1) is 6.75. The minimum absolute atomic E-state index is 0.635. The van der Waals surface area contributed by atoms with E-state index in [1.165, 1.54) is 19.3 Å². The molecule has 1 atom stereocenters. The van der Waals surface area contributed by atoms with Crippen LogP contribution in [-0.4, -0.2) is 16.5 Å². The molecule has 1 aliphatic rings. The number of benzene rings is 1. The van der Waals surface area contributed by atoms with Gasteiger partial charge in [-0.3, -0.25) is 4.21 Å². The Labute approximate surface area is 87.2 Å². The van der Waals surface area contributed by atoms with Gasteiger partial charge < -0.3 is 5.32 Å². The Morgan fingerprint density at radius 1 is 1.43 bits per heavy atom. The second-order valence-electron chi connectivity index (χ2n) is 3.75. The first-order valence-corrected chi connectivity index (χ1v) is 6.51. The van der Waals surface area contributed by atoms with Crippen molar-refractivity contribution >= 4 is 16.5 Å². The molecule has 1 N–H and O–H groups in total. The molecule has 0 aromatic heterocycles. The van der Waals surface area contributed by atoms with Crippen molar-refractivity contribution in [3.8, 4) is 0 Å². The van der Waals surface area contributed by atoms with Crippen LogP contribution in [0.2, 0.25) is 0 Å². The van der Waals surface area contributed by atoms with Crippen LogP contribution >= 0.6 is 0 Å². The fraction of sp³-hybridized carbons (Fsp3) is 0.455. The summed E-state index contributed by atoms with van der Waals surface area (Å²) in [6, 6.07) is 8.51. The van der Waals surface area contributed by atoms with Gasteiger partial charge in [0.1, 0.15) is 0 Å². The summed E-state index contributed by atoms with van der Waals surface area (Å²) in [5.74, 6) is 0. The summed E-state index contributed by atoms with van der Waals surface area (Å²) in [6.45, 7) is 0. The van der Waals surface area contributed by atoms with Gasteiger partial charge in [-0.1, -0.05) is 6.07 Å². The lowest BCUT2D eigenvalue weighted by molar-refractivity contribution is 0.445. The van der Waals surface area contributed by atoms with Gasteiger partial charge in [-0.25, -0.2) is 0 Å². The van der Waals surface area contributed by atoms with Crippen molar-refractivity contribution in [2.75, 3.05) is 11.6 Å². The van der Waals surface area contributed by atoms with Crippen LogP contribution in [0.1, 0.15) is 19.3 Å². The van der Waals surface area contributed by atoms with Crippen LogP contribution in [0.15, 0.2) is 29.2 Å². The van der Waals surface area contributed by atoms with Crippen LogP contribution < -0.4 is 5.32 Å². The maximum absolute atomic E-state index is 11.3. The Morgan fingerprint density at radius 2 is 2.21 bits per heavy atom. The third-order valence-corrected chi connectivity index (χ3v) is 3.56.